The average Bonchev–Trinajstić information content (AvgIpc) is 3.01. The maximum absolute atomic E-state index is 12.2. The van der Waals surface area contributed by atoms with Gasteiger partial charge in [0.15, 0.2) is 11.9 Å². The normalized spacial score (nSPS) is 27.0. The van der Waals surface area contributed by atoms with Gasteiger partial charge in [-0.25, -0.2) is 4.99 Å². The van der Waals surface area contributed by atoms with Gasteiger partial charge in [0.2, 0.25) is 5.91 Å². The highest BCUT2D eigenvalue weighted by atomic mass is 16.5. The van der Waals surface area contributed by atoms with Crippen LogP contribution in [-0.4, -0.2) is 48.8 Å². The molecule has 0 bridgehead atoms. The van der Waals surface area contributed by atoms with Gasteiger partial charge >= 0.3 is 0 Å². The Labute approximate surface area is 134 Å². The molecule has 2 heterocycles. The van der Waals surface area contributed by atoms with Crippen LogP contribution < -0.4 is 10.1 Å². The molecule has 1 amide bonds. The largest absolute Gasteiger partial charge is 0.497 e. The summed E-state index contributed by atoms with van der Waals surface area (Å²) in [6, 6.07) is 7.16. The van der Waals surface area contributed by atoms with Crippen LogP contribution in [0.1, 0.15) is 12.5 Å². The number of hydrogen-bond donors (Lipinski definition) is 1. The molecule has 6 nitrogen and oxygen atoms in total. The number of amides is 1. The molecule has 0 radical (unpaired) electrons. The number of benzene rings is 1. The number of nitrogens with zero attached hydrogens (tertiary/aromatic N) is 2. The van der Waals surface area contributed by atoms with E-state index in [9.17, 15) is 9.59 Å². The minimum absolute atomic E-state index is 0.102. The Hall–Kier alpha value is -2.63. The number of methoxy groups -OCH3 is 1. The number of ether oxygens (including phenoxy) is 1. The van der Waals surface area contributed by atoms with E-state index in [2.05, 4.69) is 10.3 Å². The number of aliphatic imine (C=N–C) groups is 1. The topological polar surface area (TPSA) is 71.0 Å². The van der Waals surface area contributed by atoms with Crippen LogP contribution in [0.3, 0.4) is 0 Å². The first-order valence-corrected chi connectivity index (χ1v) is 7.48. The predicted octanol–water partition coefficient (Wildman–Crippen LogP) is 1.08. The Morgan fingerprint density at radius 3 is 2.57 bits per heavy atom. The molecule has 2 aliphatic heterocycles. The van der Waals surface area contributed by atoms with E-state index in [0.717, 1.165) is 11.3 Å². The highest BCUT2D eigenvalue weighted by Gasteiger charge is 2.47. The molecule has 0 aromatic heterocycles. The Morgan fingerprint density at radius 1 is 1.22 bits per heavy atom. The molecule has 0 aliphatic carbocycles. The van der Waals surface area contributed by atoms with Gasteiger partial charge in [-0.2, -0.15) is 0 Å². The molecule has 2 aliphatic rings. The molecular formula is C17H19N3O3. The van der Waals surface area contributed by atoms with Crippen molar-refractivity contribution in [3.05, 3.63) is 35.9 Å². The molecule has 1 aromatic carbocycles. The number of likely N-dealkylation sites (N-methyl/N-ethyl adjacent to an activating group) is 1. The fourth-order valence-electron chi connectivity index (χ4n) is 2.82. The molecule has 1 saturated heterocycles. The minimum atomic E-state index is -0.617. The van der Waals surface area contributed by atoms with E-state index in [1.165, 1.54) is 4.90 Å². The van der Waals surface area contributed by atoms with E-state index < -0.39 is 18.1 Å². The summed E-state index contributed by atoms with van der Waals surface area (Å²) in [5.41, 5.74) is 0.995. The van der Waals surface area contributed by atoms with Crippen molar-refractivity contribution < 1.29 is 14.3 Å². The van der Waals surface area contributed by atoms with E-state index in [4.69, 9.17) is 4.74 Å². The number of amidine groups is 1. The third-order valence-electron chi connectivity index (χ3n) is 4.27. The van der Waals surface area contributed by atoms with E-state index in [0.29, 0.717) is 5.84 Å². The Balaban J connectivity index is 1.76. The van der Waals surface area contributed by atoms with Crippen LogP contribution in [0.15, 0.2) is 35.3 Å². The molecule has 1 fully saturated rings. The second-order valence-corrected chi connectivity index (χ2v) is 5.73. The van der Waals surface area contributed by atoms with Crippen molar-refractivity contribution in [2.45, 2.75) is 19.1 Å². The fraction of sp³-hybridized carbons (Fsp3) is 0.353. The molecular weight excluding hydrogens is 294 g/mol. The zero-order valence-corrected chi connectivity index (χ0v) is 13.3. The number of nitrogens with one attached hydrogen (secondary N) is 1. The Morgan fingerprint density at radius 2 is 1.91 bits per heavy atom. The van der Waals surface area contributed by atoms with Gasteiger partial charge in [-0.1, -0.05) is 18.2 Å². The van der Waals surface area contributed by atoms with Crippen molar-refractivity contribution in [1.29, 1.82) is 0 Å². The number of carbonyl (C=O) groups is 2. The summed E-state index contributed by atoms with van der Waals surface area (Å²) in [7, 11) is 3.31. The first-order valence-electron chi connectivity index (χ1n) is 7.48. The quantitative estimate of drug-likeness (QED) is 0.848. The lowest BCUT2D eigenvalue weighted by atomic mass is 9.92. The van der Waals surface area contributed by atoms with Crippen molar-refractivity contribution in [2.24, 2.45) is 10.9 Å². The summed E-state index contributed by atoms with van der Waals surface area (Å²) >= 11 is 0. The molecule has 3 rings (SSSR count). The first kappa shape index (κ1) is 15.3. The van der Waals surface area contributed by atoms with E-state index in [-0.39, 0.29) is 11.7 Å². The molecule has 3 atom stereocenters. The highest BCUT2D eigenvalue weighted by molar-refractivity contribution is 6.10. The van der Waals surface area contributed by atoms with Crippen LogP contribution in [0.25, 0.3) is 6.08 Å². The zero-order chi connectivity index (χ0) is 16.6. The van der Waals surface area contributed by atoms with E-state index in [1.54, 1.807) is 21.1 Å². The van der Waals surface area contributed by atoms with Crippen molar-refractivity contribution in [2.75, 3.05) is 14.2 Å². The van der Waals surface area contributed by atoms with Crippen molar-refractivity contribution in [3.8, 4) is 5.75 Å². The molecule has 6 heteroatoms. The smallest absolute Gasteiger partial charge is 0.234 e. The third-order valence-corrected chi connectivity index (χ3v) is 4.27. The van der Waals surface area contributed by atoms with Crippen molar-refractivity contribution >= 4 is 23.6 Å². The van der Waals surface area contributed by atoms with Crippen LogP contribution in [0, 0.1) is 5.92 Å². The van der Waals surface area contributed by atoms with Crippen LogP contribution >= 0.6 is 0 Å². The van der Waals surface area contributed by atoms with Gasteiger partial charge in [-0.3, -0.25) is 9.59 Å². The number of likely N-dealkylation sites (tertiary alicyclic amines) is 1. The maximum atomic E-state index is 12.2. The number of hydrogen-bond acceptors (Lipinski definition) is 5. The lowest BCUT2D eigenvalue weighted by molar-refractivity contribution is -0.147. The Kier molecular flexibility index (Phi) is 3.90. The monoisotopic (exact) mass is 313 g/mol. The standard InChI is InChI=1S/C17H19N3O3/c1-10-15(21)14-16(20(2)17(10)22)19-13(18-14)9-6-11-4-7-12(23-3)8-5-11/h4-10,14,16H,1-3H3,(H,18,19)/b9-6+. The number of Topliss-reactive ketones (excluding diaryl/α,β-unsaturated/α-hetero) is 1. The van der Waals surface area contributed by atoms with Gasteiger partial charge in [0.25, 0.3) is 0 Å². The van der Waals surface area contributed by atoms with Gasteiger partial charge in [-0.15, -0.1) is 0 Å². The lowest BCUT2D eigenvalue weighted by Crippen LogP contribution is -2.59. The zero-order valence-electron chi connectivity index (χ0n) is 13.3. The highest BCUT2D eigenvalue weighted by Crippen LogP contribution is 2.24. The second kappa shape index (κ2) is 5.87. The molecule has 1 aromatic rings. The SMILES string of the molecule is COc1ccc(/C=C/C2=NC3C(N2)C(=O)C(C)C(=O)N3C)cc1. The number of rotatable bonds is 3. The molecule has 0 saturated carbocycles. The summed E-state index contributed by atoms with van der Waals surface area (Å²) < 4.78 is 5.12. The van der Waals surface area contributed by atoms with Crippen LogP contribution in [0.5, 0.6) is 5.75 Å². The van der Waals surface area contributed by atoms with Gasteiger partial charge < -0.3 is 15.0 Å². The molecule has 120 valence electrons. The van der Waals surface area contributed by atoms with Gasteiger partial charge in [0.1, 0.15) is 17.6 Å². The molecule has 1 N–H and O–H groups in total. The minimum Gasteiger partial charge on any atom is -0.497 e. The van der Waals surface area contributed by atoms with Crippen LogP contribution in [0.2, 0.25) is 0 Å². The summed E-state index contributed by atoms with van der Waals surface area (Å²) in [6.07, 6.45) is 3.26. The number of carbonyl (C=O) groups excluding carboxylic acids is 2. The Bertz CT molecular complexity index is 694. The maximum Gasteiger partial charge on any atom is 0.234 e. The first-order chi connectivity index (χ1) is 11.0. The summed E-state index contributed by atoms with van der Waals surface area (Å²) in [4.78, 5) is 30.2. The third kappa shape index (κ3) is 2.72. The van der Waals surface area contributed by atoms with Crippen LogP contribution in [0.4, 0.5) is 0 Å². The number of fused-ring (bicyclic) bond motifs is 1. The van der Waals surface area contributed by atoms with E-state index >= 15 is 0 Å². The van der Waals surface area contributed by atoms with Crippen LogP contribution in [-0.2, 0) is 9.59 Å². The summed E-state index contributed by atoms with van der Waals surface area (Å²) in [5.74, 6) is 0.507. The lowest BCUT2D eigenvalue weighted by Gasteiger charge is -2.34. The van der Waals surface area contributed by atoms with Gasteiger partial charge in [0.05, 0.1) is 13.0 Å². The fourth-order valence-corrected chi connectivity index (χ4v) is 2.82. The second-order valence-electron chi connectivity index (χ2n) is 5.73. The van der Waals surface area contributed by atoms with Crippen molar-refractivity contribution in [1.82, 2.24) is 10.2 Å². The molecule has 0 spiro atoms. The predicted molar refractivity (Wildman–Crippen MR) is 87.1 cm³/mol. The molecule has 23 heavy (non-hydrogen) atoms. The van der Waals surface area contributed by atoms with Crippen molar-refractivity contribution in [3.63, 3.8) is 0 Å². The summed E-state index contributed by atoms with van der Waals surface area (Å²) in [5, 5.41) is 3.11. The van der Waals surface area contributed by atoms with Gasteiger partial charge in [-0.05, 0) is 30.7 Å². The molecule has 3 unspecified atom stereocenters. The number of piperidine rings is 1. The van der Waals surface area contributed by atoms with E-state index in [1.807, 2.05) is 36.4 Å². The number of ketones is 1. The average molecular weight is 313 g/mol. The summed E-state index contributed by atoms with van der Waals surface area (Å²) in [6.45, 7) is 1.64. The van der Waals surface area contributed by atoms with Gasteiger partial charge in [0, 0.05) is 7.05 Å².